The SMILES string of the molecule is CCC(C)C(NC(=O)C1CCCN1C(=O)C(N)Cc1ccc(O)cc1)C(=O)NC(CCC(=O)O)C(=O)O. The maximum Gasteiger partial charge on any atom is 0.326 e. The van der Waals surface area contributed by atoms with Crippen molar-refractivity contribution in [3.8, 4) is 5.75 Å². The van der Waals surface area contributed by atoms with E-state index in [0.717, 1.165) is 5.56 Å². The van der Waals surface area contributed by atoms with E-state index in [1.807, 2.05) is 6.92 Å². The van der Waals surface area contributed by atoms with Gasteiger partial charge in [0.1, 0.15) is 23.9 Å². The molecule has 5 unspecified atom stereocenters. The Labute approximate surface area is 215 Å². The molecule has 0 radical (unpaired) electrons. The number of aliphatic carboxylic acids is 2. The lowest BCUT2D eigenvalue weighted by atomic mass is 9.97. The summed E-state index contributed by atoms with van der Waals surface area (Å²) in [5.74, 6) is -4.52. The molecule has 37 heavy (non-hydrogen) atoms. The largest absolute Gasteiger partial charge is 0.508 e. The summed E-state index contributed by atoms with van der Waals surface area (Å²) >= 11 is 0. The van der Waals surface area contributed by atoms with Crippen LogP contribution in [-0.4, -0.2) is 80.6 Å². The molecule has 204 valence electrons. The summed E-state index contributed by atoms with van der Waals surface area (Å²) in [5, 5.41) is 32.6. The molecule has 12 heteroatoms. The molecule has 1 aromatic carbocycles. The number of likely N-dealkylation sites (tertiary alicyclic amines) is 1. The van der Waals surface area contributed by atoms with Crippen LogP contribution in [0.2, 0.25) is 0 Å². The van der Waals surface area contributed by atoms with Crippen LogP contribution in [0.25, 0.3) is 0 Å². The molecular formula is C25H36N4O8. The number of amides is 3. The molecule has 1 saturated heterocycles. The first-order valence-electron chi connectivity index (χ1n) is 12.3. The van der Waals surface area contributed by atoms with Gasteiger partial charge in [0, 0.05) is 13.0 Å². The smallest absolute Gasteiger partial charge is 0.326 e. The van der Waals surface area contributed by atoms with Crippen molar-refractivity contribution in [3.63, 3.8) is 0 Å². The number of carbonyl (C=O) groups excluding carboxylic acids is 3. The van der Waals surface area contributed by atoms with Crippen molar-refractivity contribution in [3.05, 3.63) is 29.8 Å². The molecule has 0 saturated carbocycles. The molecule has 1 heterocycles. The summed E-state index contributed by atoms with van der Waals surface area (Å²) in [6, 6.07) is 2.07. The number of carboxylic acids is 2. The second kappa shape index (κ2) is 13.6. The Hall–Kier alpha value is -3.67. The Morgan fingerprint density at radius 2 is 1.76 bits per heavy atom. The first-order chi connectivity index (χ1) is 17.4. The van der Waals surface area contributed by atoms with Gasteiger partial charge in [-0.2, -0.15) is 0 Å². The second-order valence-electron chi connectivity index (χ2n) is 9.37. The van der Waals surface area contributed by atoms with Crippen LogP contribution in [0.15, 0.2) is 24.3 Å². The van der Waals surface area contributed by atoms with Gasteiger partial charge < -0.3 is 36.6 Å². The van der Waals surface area contributed by atoms with Crippen molar-refractivity contribution >= 4 is 29.7 Å². The zero-order valence-corrected chi connectivity index (χ0v) is 21.1. The summed E-state index contributed by atoms with van der Waals surface area (Å²) in [7, 11) is 0. The van der Waals surface area contributed by atoms with Gasteiger partial charge in [0.2, 0.25) is 17.7 Å². The summed E-state index contributed by atoms with van der Waals surface area (Å²) in [5.41, 5.74) is 6.89. The number of rotatable bonds is 13. The number of aromatic hydroxyl groups is 1. The molecule has 3 amide bonds. The van der Waals surface area contributed by atoms with E-state index >= 15 is 0 Å². The molecule has 0 spiro atoms. The maximum atomic E-state index is 13.2. The number of nitrogens with zero attached hydrogens (tertiary/aromatic N) is 1. The summed E-state index contributed by atoms with van der Waals surface area (Å²) in [4.78, 5) is 63.0. The van der Waals surface area contributed by atoms with Crippen LogP contribution in [0.5, 0.6) is 5.75 Å². The van der Waals surface area contributed by atoms with Gasteiger partial charge in [-0.25, -0.2) is 4.79 Å². The van der Waals surface area contributed by atoms with Gasteiger partial charge in [-0.15, -0.1) is 0 Å². The van der Waals surface area contributed by atoms with Crippen LogP contribution in [-0.2, 0) is 30.4 Å². The molecule has 1 aliphatic heterocycles. The number of carbonyl (C=O) groups is 5. The minimum atomic E-state index is -1.42. The Kier molecular flexibility index (Phi) is 10.9. The molecule has 0 aliphatic carbocycles. The highest BCUT2D eigenvalue weighted by Gasteiger charge is 2.38. The number of nitrogens with two attached hydrogens (primary N) is 1. The van der Waals surface area contributed by atoms with E-state index in [9.17, 15) is 34.2 Å². The summed E-state index contributed by atoms with van der Waals surface area (Å²) in [6.07, 6.45) is 0.925. The van der Waals surface area contributed by atoms with E-state index < -0.39 is 60.2 Å². The van der Waals surface area contributed by atoms with Gasteiger partial charge in [0.05, 0.1) is 6.04 Å². The van der Waals surface area contributed by atoms with E-state index in [4.69, 9.17) is 10.8 Å². The fraction of sp³-hybridized carbons (Fsp3) is 0.560. The molecule has 0 bridgehead atoms. The third-order valence-electron chi connectivity index (χ3n) is 6.60. The first-order valence-corrected chi connectivity index (χ1v) is 12.3. The number of carboxylic acid groups (broad SMARTS) is 2. The predicted molar refractivity (Wildman–Crippen MR) is 132 cm³/mol. The normalized spacial score (nSPS) is 18.4. The van der Waals surface area contributed by atoms with Gasteiger partial charge in [-0.3, -0.25) is 19.2 Å². The van der Waals surface area contributed by atoms with Crippen LogP contribution in [0.4, 0.5) is 0 Å². The lowest BCUT2D eigenvalue weighted by Gasteiger charge is -2.30. The van der Waals surface area contributed by atoms with Crippen LogP contribution in [0.1, 0.15) is 51.5 Å². The fourth-order valence-corrected chi connectivity index (χ4v) is 4.23. The first kappa shape index (κ1) is 29.6. The molecule has 1 aliphatic rings. The molecule has 5 atom stereocenters. The Morgan fingerprint density at radius 3 is 2.32 bits per heavy atom. The predicted octanol–water partition coefficient (Wildman–Crippen LogP) is 0.218. The number of phenols is 1. The van der Waals surface area contributed by atoms with Crippen molar-refractivity contribution in [2.45, 2.75) is 76.5 Å². The van der Waals surface area contributed by atoms with Crippen LogP contribution < -0.4 is 16.4 Å². The number of hydrogen-bond acceptors (Lipinski definition) is 7. The van der Waals surface area contributed by atoms with Gasteiger partial charge >= 0.3 is 11.9 Å². The van der Waals surface area contributed by atoms with Crippen molar-refractivity contribution in [1.29, 1.82) is 0 Å². The van der Waals surface area contributed by atoms with Crippen molar-refractivity contribution in [2.75, 3.05) is 6.54 Å². The van der Waals surface area contributed by atoms with E-state index in [1.54, 1.807) is 19.1 Å². The van der Waals surface area contributed by atoms with Crippen molar-refractivity contribution in [1.82, 2.24) is 15.5 Å². The monoisotopic (exact) mass is 520 g/mol. The van der Waals surface area contributed by atoms with Crippen LogP contribution in [0.3, 0.4) is 0 Å². The molecular weight excluding hydrogens is 484 g/mol. The minimum Gasteiger partial charge on any atom is -0.508 e. The highest BCUT2D eigenvalue weighted by Crippen LogP contribution is 2.21. The summed E-state index contributed by atoms with van der Waals surface area (Å²) in [6.45, 7) is 3.86. The Balaban J connectivity index is 2.09. The summed E-state index contributed by atoms with van der Waals surface area (Å²) < 4.78 is 0. The standard InChI is InChI=1S/C25H36N4O8/c1-3-14(2)21(23(34)27-18(25(36)37)10-11-20(31)32)28-22(33)19-5-4-12-29(19)24(35)17(26)13-15-6-8-16(30)9-7-15/h6-9,14,17-19,21,30H,3-5,10-13,26H2,1-2H3,(H,27,34)(H,28,33)(H,31,32)(H,36,37). The second-order valence-corrected chi connectivity index (χ2v) is 9.37. The zero-order valence-electron chi connectivity index (χ0n) is 21.1. The van der Waals surface area contributed by atoms with E-state index in [2.05, 4.69) is 10.6 Å². The van der Waals surface area contributed by atoms with E-state index in [0.29, 0.717) is 25.8 Å². The Morgan fingerprint density at radius 1 is 1.11 bits per heavy atom. The number of phenolic OH excluding ortho intramolecular Hbond substituents is 1. The van der Waals surface area contributed by atoms with Gasteiger partial charge in [0.25, 0.3) is 0 Å². The Bertz CT molecular complexity index is 983. The van der Waals surface area contributed by atoms with Crippen LogP contribution >= 0.6 is 0 Å². The lowest BCUT2D eigenvalue weighted by molar-refractivity contribution is -0.144. The van der Waals surface area contributed by atoms with Gasteiger partial charge in [-0.05, 0) is 49.3 Å². The highest BCUT2D eigenvalue weighted by molar-refractivity contribution is 5.94. The molecule has 12 nitrogen and oxygen atoms in total. The zero-order chi connectivity index (χ0) is 27.7. The molecule has 1 fully saturated rings. The van der Waals surface area contributed by atoms with Crippen LogP contribution in [0, 0.1) is 5.92 Å². The number of nitrogens with one attached hydrogen (secondary N) is 2. The minimum absolute atomic E-state index is 0.0939. The third-order valence-corrected chi connectivity index (χ3v) is 6.60. The number of benzene rings is 1. The topological polar surface area (TPSA) is 199 Å². The van der Waals surface area contributed by atoms with Crippen molar-refractivity contribution in [2.24, 2.45) is 11.7 Å². The van der Waals surface area contributed by atoms with Crippen molar-refractivity contribution < 1.29 is 39.3 Å². The maximum absolute atomic E-state index is 13.2. The van der Waals surface area contributed by atoms with Gasteiger partial charge in [0.15, 0.2) is 0 Å². The average molecular weight is 521 g/mol. The molecule has 2 rings (SSSR count). The molecule has 0 aromatic heterocycles. The lowest BCUT2D eigenvalue weighted by Crippen LogP contribution is -2.58. The molecule has 7 N–H and O–H groups in total. The van der Waals surface area contributed by atoms with E-state index in [-0.39, 0.29) is 24.5 Å². The highest BCUT2D eigenvalue weighted by atomic mass is 16.4. The fourth-order valence-electron chi connectivity index (χ4n) is 4.23. The molecule has 1 aromatic rings. The average Bonchev–Trinajstić information content (AvgIpc) is 3.35. The number of hydrogen-bond donors (Lipinski definition) is 6. The van der Waals surface area contributed by atoms with Gasteiger partial charge in [-0.1, -0.05) is 32.4 Å². The third kappa shape index (κ3) is 8.45. The quantitative estimate of drug-likeness (QED) is 0.210. The van der Waals surface area contributed by atoms with E-state index in [1.165, 1.54) is 17.0 Å².